The minimum absolute atomic E-state index is 1.01. The molecule has 0 fully saturated rings. The Bertz CT molecular complexity index is 571. The van der Waals surface area contributed by atoms with Gasteiger partial charge in [0.05, 0.1) is 0 Å². The second-order valence-corrected chi connectivity index (χ2v) is 4.30. The van der Waals surface area contributed by atoms with Crippen LogP contribution in [0.4, 0.5) is 5.69 Å². The highest BCUT2D eigenvalue weighted by Gasteiger charge is 2.11. The van der Waals surface area contributed by atoms with E-state index in [0.29, 0.717) is 0 Å². The van der Waals surface area contributed by atoms with Gasteiger partial charge in [-0.2, -0.15) is 0 Å². The predicted molar refractivity (Wildman–Crippen MR) is 95.1 cm³/mol. The highest BCUT2D eigenvalue weighted by atomic mass is 15.1. The molecule has 0 amide bonds. The molecule has 1 aromatic carbocycles. The number of nitrogens with zero attached hydrogens (tertiary/aromatic N) is 1. The Balaban J connectivity index is 3.38. The molecule has 1 heteroatoms. The number of hydrogen-bond acceptors (Lipinski definition) is 1. The van der Waals surface area contributed by atoms with Gasteiger partial charge in [0, 0.05) is 17.1 Å². The van der Waals surface area contributed by atoms with Crippen molar-refractivity contribution in [1.29, 1.82) is 0 Å². The zero-order valence-electron chi connectivity index (χ0n) is 12.9. The minimum atomic E-state index is 1.01. The fourth-order valence-corrected chi connectivity index (χ4v) is 1.92. The van der Waals surface area contributed by atoms with Crippen molar-refractivity contribution >= 4 is 5.69 Å². The van der Waals surface area contributed by atoms with Crippen LogP contribution < -0.4 is 4.90 Å². The summed E-state index contributed by atoms with van der Waals surface area (Å²) in [6.07, 6.45) is 15.7. The fourth-order valence-electron chi connectivity index (χ4n) is 1.92. The van der Waals surface area contributed by atoms with E-state index in [1.165, 1.54) is 0 Å². The Kier molecular flexibility index (Phi) is 7.37. The van der Waals surface area contributed by atoms with E-state index in [0.717, 1.165) is 17.1 Å². The van der Waals surface area contributed by atoms with Crippen molar-refractivity contribution in [2.45, 2.75) is 13.8 Å². The third-order valence-electron chi connectivity index (χ3n) is 2.90. The first kappa shape index (κ1) is 16.5. The van der Waals surface area contributed by atoms with Gasteiger partial charge >= 0.3 is 0 Å². The SMILES string of the molecule is C=C/C=C\C(=C/C)N(/C(C=C)=C/C=C\C)c1ccccc1. The maximum atomic E-state index is 3.94. The van der Waals surface area contributed by atoms with Crippen LogP contribution >= 0.6 is 0 Å². The molecule has 0 heterocycles. The average Bonchev–Trinajstić information content (AvgIpc) is 2.54. The second-order valence-electron chi connectivity index (χ2n) is 4.30. The Morgan fingerprint density at radius 2 is 1.71 bits per heavy atom. The summed E-state index contributed by atoms with van der Waals surface area (Å²) in [6, 6.07) is 10.2. The maximum absolute atomic E-state index is 3.94. The highest BCUT2D eigenvalue weighted by molar-refractivity contribution is 5.62. The number of benzene rings is 1. The van der Waals surface area contributed by atoms with E-state index < -0.39 is 0 Å². The van der Waals surface area contributed by atoms with E-state index in [1.54, 1.807) is 6.08 Å². The van der Waals surface area contributed by atoms with Crippen molar-refractivity contribution in [1.82, 2.24) is 0 Å². The van der Waals surface area contributed by atoms with E-state index in [-0.39, 0.29) is 0 Å². The van der Waals surface area contributed by atoms with Gasteiger partial charge in [-0.05, 0) is 44.2 Å². The van der Waals surface area contributed by atoms with Crippen molar-refractivity contribution in [3.63, 3.8) is 0 Å². The van der Waals surface area contributed by atoms with Crippen LogP contribution in [0, 0.1) is 0 Å². The van der Waals surface area contributed by atoms with Crippen LogP contribution in [-0.4, -0.2) is 0 Å². The molecule has 1 nitrogen and oxygen atoms in total. The van der Waals surface area contributed by atoms with Gasteiger partial charge in [-0.3, -0.25) is 0 Å². The highest BCUT2D eigenvalue weighted by Crippen LogP contribution is 2.25. The molecule has 0 atom stereocenters. The molecule has 21 heavy (non-hydrogen) atoms. The summed E-state index contributed by atoms with van der Waals surface area (Å²) in [6.45, 7) is 11.7. The molecule has 108 valence electrons. The van der Waals surface area contributed by atoms with Crippen LogP contribution in [0.1, 0.15) is 13.8 Å². The summed E-state index contributed by atoms with van der Waals surface area (Å²) in [7, 11) is 0. The number of hydrogen-bond donors (Lipinski definition) is 0. The molecule has 0 bridgehead atoms. The molecule has 0 saturated carbocycles. The van der Waals surface area contributed by atoms with Crippen LogP contribution in [0.5, 0.6) is 0 Å². The van der Waals surface area contributed by atoms with Crippen LogP contribution in [0.25, 0.3) is 0 Å². The third kappa shape index (κ3) is 4.81. The zero-order valence-corrected chi connectivity index (χ0v) is 12.9. The normalized spacial score (nSPS) is 12.9. The largest absolute Gasteiger partial charge is 0.311 e. The smallest absolute Gasteiger partial charge is 0.0461 e. The first-order valence-electron chi connectivity index (χ1n) is 7.04. The summed E-state index contributed by atoms with van der Waals surface area (Å²) in [4.78, 5) is 2.16. The van der Waals surface area contributed by atoms with Crippen LogP contribution in [0.2, 0.25) is 0 Å². The van der Waals surface area contributed by atoms with Gasteiger partial charge < -0.3 is 4.90 Å². The molecule has 1 aromatic rings. The molecule has 0 radical (unpaired) electrons. The first-order valence-corrected chi connectivity index (χ1v) is 7.04. The summed E-state index contributed by atoms with van der Waals surface area (Å²) >= 11 is 0. The number of allylic oxidation sites excluding steroid dienone is 8. The fraction of sp³-hybridized carbons (Fsp3) is 0.100. The molecule has 0 unspecified atom stereocenters. The van der Waals surface area contributed by atoms with E-state index in [9.17, 15) is 0 Å². The molecular formula is C20H23N. The van der Waals surface area contributed by atoms with Crippen molar-refractivity contribution in [2.75, 3.05) is 4.90 Å². The summed E-state index contributed by atoms with van der Waals surface area (Å²) in [5.41, 5.74) is 3.17. The standard InChI is InChI=1S/C20H23N/c1-5-9-14-18(7-3)21(19(8-4)15-10-6-2)20-16-12-11-13-17-20/h5-17H,1,4H2,2-3H3/b10-6-,14-9-,18-7+,19-15+. The van der Waals surface area contributed by atoms with Crippen molar-refractivity contribution in [3.05, 3.63) is 103 Å². The minimum Gasteiger partial charge on any atom is -0.311 e. The molecule has 0 aromatic heterocycles. The first-order chi connectivity index (χ1) is 10.3. The quantitative estimate of drug-likeness (QED) is 0.570. The third-order valence-corrected chi connectivity index (χ3v) is 2.90. The van der Waals surface area contributed by atoms with Gasteiger partial charge in [0.25, 0.3) is 0 Å². The molecule has 0 aliphatic heterocycles. The Morgan fingerprint density at radius 1 is 1.00 bits per heavy atom. The monoisotopic (exact) mass is 277 g/mol. The molecule has 0 aliphatic rings. The van der Waals surface area contributed by atoms with Crippen LogP contribution in [-0.2, 0) is 0 Å². The van der Waals surface area contributed by atoms with Crippen molar-refractivity contribution in [2.24, 2.45) is 0 Å². The zero-order chi connectivity index (χ0) is 15.5. The predicted octanol–water partition coefficient (Wildman–Crippen LogP) is 5.79. The van der Waals surface area contributed by atoms with E-state index in [4.69, 9.17) is 0 Å². The second kappa shape index (κ2) is 9.38. The number of rotatable bonds is 7. The maximum Gasteiger partial charge on any atom is 0.0461 e. The average molecular weight is 277 g/mol. The van der Waals surface area contributed by atoms with Gasteiger partial charge in [-0.1, -0.05) is 61.7 Å². The van der Waals surface area contributed by atoms with Gasteiger partial charge in [0.1, 0.15) is 0 Å². The lowest BCUT2D eigenvalue weighted by Crippen LogP contribution is -2.19. The number of para-hydroxylation sites is 1. The molecule has 1 rings (SSSR count). The lowest BCUT2D eigenvalue weighted by molar-refractivity contribution is 1.14. The molecule has 0 aliphatic carbocycles. The van der Waals surface area contributed by atoms with Gasteiger partial charge in [0.2, 0.25) is 0 Å². The lowest BCUT2D eigenvalue weighted by Gasteiger charge is -2.27. The molecule has 0 saturated heterocycles. The summed E-state index contributed by atoms with van der Waals surface area (Å²) < 4.78 is 0. The van der Waals surface area contributed by atoms with Gasteiger partial charge in [-0.25, -0.2) is 0 Å². The summed E-state index contributed by atoms with van der Waals surface area (Å²) in [5.74, 6) is 0. The Morgan fingerprint density at radius 3 is 2.24 bits per heavy atom. The van der Waals surface area contributed by atoms with Crippen LogP contribution in [0.15, 0.2) is 103 Å². The molecular weight excluding hydrogens is 254 g/mol. The molecule has 0 N–H and O–H groups in total. The van der Waals surface area contributed by atoms with E-state index in [1.807, 2.05) is 68.5 Å². The van der Waals surface area contributed by atoms with Crippen molar-refractivity contribution in [3.8, 4) is 0 Å². The van der Waals surface area contributed by atoms with E-state index >= 15 is 0 Å². The topological polar surface area (TPSA) is 3.24 Å². The number of anilines is 1. The van der Waals surface area contributed by atoms with Crippen molar-refractivity contribution < 1.29 is 0 Å². The summed E-state index contributed by atoms with van der Waals surface area (Å²) in [5, 5.41) is 0. The van der Waals surface area contributed by atoms with Crippen LogP contribution in [0.3, 0.4) is 0 Å². The Hall–Kier alpha value is -2.54. The Labute approximate surface area is 128 Å². The lowest BCUT2D eigenvalue weighted by atomic mass is 10.2. The van der Waals surface area contributed by atoms with Gasteiger partial charge in [-0.15, -0.1) is 0 Å². The molecule has 0 spiro atoms. The van der Waals surface area contributed by atoms with Gasteiger partial charge in [0.15, 0.2) is 0 Å². The van der Waals surface area contributed by atoms with E-state index in [2.05, 4.69) is 36.3 Å².